The van der Waals surface area contributed by atoms with Gasteiger partial charge in [0.25, 0.3) is 0 Å². The average Bonchev–Trinajstić information content (AvgIpc) is 2.78. The molecule has 0 spiro atoms. The van der Waals surface area contributed by atoms with Crippen molar-refractivity contribution in [3.8, 4) is 11.3 Å². The van der Waals surface area contributed by atoms with Crippen LogP contribution in [0.5, 0.6) is 0 Å². The summed E-state index contributed by atoms with van der Waals surface area (Å²) >= 11 is 0. The number of halogens is 1. The minimum Gasteiger partial charge on any atom is -0.328 e. The van der Waals surface area contributed by atoms with E-state index in [0.29, 0.717) is 6.54 Å². The molecule has 2 aromatic rings. The SMILES string of the molecule is CC(CN)n1cncc1-c1ccc(F)cc1. The van der Waals surface area contributed by atoms with Gasteiger partial charge in [0, 0.05) is 12.6 Å². The van der Waals surface area contributed by atoms with Crippen LogP contribution in [0, 0.1) is 5.82 Å². The Morgan fingerprint density at radius 3 is 2.69 bits per heavy atom. The third-order valence-electron chi connectivity index (χ3n) is 2.62. The maximum absolute atomic E-state index is 12.8. The Morgan fingerprint density at radius 2 is 2.06 bits per heavy atom. The van der Waals surface area contributed by atoms with Gasteiger partial charge in [0.05, 0.1) is 18.2 Å². The molecule has 1 unspecified atom stereocenters. The van der Waals surface area contributed by atoms with E-state index in [2.05, 4.69) is 4.98 Å². The summed E-state index contributed by atoms with van der Waals surface area (Å²) in [5.41, 5.74) is 7.53. The maximum atomic E-state index is 12.8. The Bertz CT molecular complexity index is 461. The third-order valence-corrected chi connectivity index (χ3v) is 2.62. The van der Waals surface area contributed by atoms with Crippen LogP contribution in [-0.4, -0.2) is 16.1 Å². The molecule has 4 heteroatoms. The van der Waals surface area contributed by atoms with Crippen molar-refractivity contribution in [1.29, 1.82) is 0 Å². The van der Waals surface area contributed by atoms with Gasteiger partial charge in [-0.05, 0) is 36.8 Å². The van der Waals surface area contributed by atoms with E-state index in [9.17, 15) is 4.39 Å². The van der Waals surface area contributed by atoms with Gasteiger partial charge in [0.1, 0.15) is 5.82 Å². The van der Waals surface area contributed by atoms with Crippen molar-refractivity contribution in [1.82, 2.24) is 9.55 Å². The lowest BCUT2D eigenvalue weighted by atomic mass is 10.1. The molecule has 0 fully saturated rings. The molecule has 1 heterocycles. The van der Waals surface area contributed by atoms with Crippen molar-refractivity contribution in [3.63, 3.8) is 0 Å². The molecule has 0 radical (unpaired) electrons. The summed E-state index contributed by atoms with van der Waals surface area (Å²) in [7, 11) is 0. The fourth-order valence-electron chi connectivity index (χ4n) is 1.61. The molecule has 1 aromatic heterocycles. The highest BCUT2D eigenvalue weighted by Gasteiger charge is 2.09. The highest BCUT2D eigenvalue weighted by Crippen LogP contribution is 2.22. The molecule has 0 saturated carbocycles. The molecule has 1 atom stereocenters. The lowest BCUT2D eigenvalue weighted by Crippen LogP contribution is -2.16. The molecule has 0 aliphatic rings. The van der Waals surface area contributed by atoms with Gasteiger partial charge in [-0.3, -0.25) is 0 Å². The van der Waals surface area contributed by atoms with Crippen LogP contribution < -0.4 is 5.73 Å². The molecule has 2 N–H and O–H groups in total. The highest BCUT2D eigenvalue weighted by molar-refractivity contribution is 5.58. The maximum Gasteiger partial charge on any atom is 0.123 e. The molecule has 2 rings (SSSR count). The topological polar surface area (TPSA) is 43.8 Å². The lowest BCUT2D eigenvalue weighted by Gasteiger charge is -2.14. The fourth-order valence-corrected chi connectivity index (χ4v) is 1.61. The van der Waals surface area contributed by atoms with Crippen molar-refractivity contribution >= 4 is 0 Å². The first kappa shape index (κ1) is 10.8. The Labute approximate surface area is 93.7 Å². The predicted octanol–water partition coefficient (Wildman–Crippen LogP) is 2.21. The van der Waals surface area contributed by atoms with Crippen LogP contribution in [0.1, 0.15) is 13.0 Å². The molecule has 0 saturated heterocycles. The number of nitrogens with zero attached hydrogens (tertiary/aromatic N) is 2. The van der Waals surface area contributed by atoms with E-state index in [1.165, 1.54) is 12.1 Å². The van der Waals surface area contributed by atoms with Crippen LogP contribution in [-0.2, 0) is 0 Å². The second-order valence-electron chi connectivity index (χ2n) is 3.78. The number of benzene rings is 1. The zero-order valence-electron chi connectivity index (χ0n) is 9.10. The van der Waals surface area contributed by atoms with E-state index in [0.717, 1.165) is 11.3 Å². The van der Waals surface area contributed by atoms with Gasteiger partial charge in [-0.15, -0.1) is 0 Å². The Balaban J connectivity index is 2.40. The van der Waals surface area contributed by atoms with Gasteiger partial charge in [0.2, 0.25) is 0 Å². The Hall–Kier alpha value is -1.68. The smallest absolute Gasteiger partial charge is 0.123 e. The second-order valence-corrected chi connectivity index (χ2v) is 3.78. The fraction of sp³-hybridized carbons (Fsp3) is 0.250. The van der Waals surface area contributed by atoms with Crippen LogP contribution in [0.2, 0.25) is 0 Å². The first-order valence-corrected chi connectivity index (χ1v) is 5.20. The minimum atomic E-state index is -0.235. The number of imidazole rings is 1. The summed E-state index contributed by atoms with van der Waals surface area (Å²) in [5, 5.41) is 0. The van der Waals surface area contributed by atoms with Crippen LogP contribution in [0.4, 0.5) is 4.39 Å². The van der Waals surface area contributed by atoms with Crippen molar-refractivity contribution < 1.29 is 4.39 Å². The normalized spacial score (nSPS) is 12.7. The van der Waals surface area contributed by atoms with E-state index in [1.54, 1.807) is 24.7 Å². The summed E-state index contributed by atoms with van der Waals surface area (Å²) in [5.74, 6) is -0.235. The van der Waals surface area contributed by atoms with E-state index < -0.39 is 0 Å². The van der Waals surface area contributed by atoms with Gasteiger partial charge < -0.3 is 10.3 Å². The van der Waals surface area contributed by atoms with Crippen molar-refractivity contribution in [2.24, 2.45) is 5.73 Å². The van der Waals surface area contributed by atoms with Crippen LogP contribution in [0.15, 0.2) is 36.8 Å². The molecular formula is C12H14FN3. The van der Waals surface area contributed by atoms with E-state index in [1.807, 2.05) is 11.5 Å². The molecule has 84 valence electrons. The van der Waals surface area contributed by atoms with Gasteiger partial charge in [0.15, 0.2) is 0 Å². The first-order valence-electron chi connectivity index (χ1n) is 5.20. The predicted molar refractivity (Wildman–Crippen MR) is 61.4 cm³/mol. The number of hydrogen-bond acceptors (Lipinski definition) is 2. The molecule has 0 amide bonds. The monoisotopic (exact) mass is 219 g/mol. The van der Waals surface area contributed by atoms with E-state index in [-0.39, 0.29) is 11.9 Å². The van der Waals surface area contributed by atoms with Gasteiger partial charge in [-0.1, -0.05) is 0 Å². The van der Waals surface area contributed by atoms with Crippen molar-refractivity contribution in [2.75, 3.05) is 6.54 Å². The first-order chi connectivity index (χ1) is 7.72. The number of nitrogens with two attached hydrogens (primary N) is 1. The molecule has 0 bridgehead atoms. The quantitative estimate of drug-likeness (QED) is 0.860. The molecule has 0 aliphatic heterocycles. The van der Waals surface area contributed by atoms with Crippen LogP contribution >= 0.6 is 0 Å². The third kappa shape index (κ3) is 1.97. The summed E-state index contributed by atoms with van der Waals surface area (Å²) < 4.78 is 14.8. The van der Waals surface area contributed by atoms with Crippen LogP contribution in [0.3, 0.4) is 0 Å². The number of aromatic nitrogens is 2. The van der Waals surface area contributed by atoms with Gasteiger partial charge in [-0.25, -0.2) is 9.37 Å². The largest absolute Gasteiger partial charge is 0.328 e. The summed E-state index contributed by atoms with van der Waals surface area (Å²) in [6, 6.07) is 6.56. The standard InChI is InChI=1S/C12H14FN3/c1-9(6-14)16-8-15-7-12(16)10-2-4-11(13)5-3-10/h2-5,7-9H,6,14H2,1H3. The zero-order chi connectivity index (χ0) is 11.5. The van der Waals surface area contributed by atoms with Gasteiger partial charge in [-0.2, -0.15) is 0 Å². The Morgan fingerprint density at radius 1 is 1.38 bits per heavy atom. The van der Waals surface area contributed by atoms with Crippen LogP contribution in [0.25, 0.3) is 11.3 Å². The molecular weight excluding hydrogens is 205 g/mol. The van der Waals surface area contributed by atoms with E-state index >= 15 is 0 Å². The molecule has 16 heavy (non-hydrogen) atoms. The summed E-state index contributed by atoms with van der Waals surface area (Å²) in [6.07, 6.45) is 3.51. The second kappa shape index (κ2) is 4.45. The molecule has 3 nitrogen and oxygen atoms in total. The molecule has 0 aliphatic carbocycles. The molecule has 1 aromatic carbocycles. The number of hydrogen-bond donors (Lipinski definition) is 1. The summed E-state index contributed by atoms with van der Waals surface area (Å²) in [4.78, 5) is 4.10. The zero-order valence-corrected chi connectivity index (χ0v) is 9.10. The minimum absolute atomic E-state index is 0.183. The number of rotatable bonds is 3. The van der Waals surface area contributed by atoms with E-state index in [4.69, 9.17) is 5.73 Å². The summed E-state index contributed by atoms with van der Waals surface area (Å²) in [6.45, 7) is 2.57. The van der Waals surface area contributed by atoms with Crippen molar-refractivity contribution in [3.05, 3.63) is 42.6 Å². The lowest BCUT2D eigenvalue weighted by molar-refractivity contribution is 0.562. The Kier molecular flexibility index (Phi) is 3.01. The average molecular weight is 219 g/mol. The van der Waals surface area contributed by atoms with Crippen molar-refractivity contribution in [2.45, 2.75) is 13.0 Å². The van der Waals surface area contributed by atoms with Gasteiger partial charge >= 0.3 is 0 Å². The highest BCUT2D eigenvalue weighted by atomic mass is 19.1.